The van der Waals surface area contributed by atoms with E-state index in [-0.39, 0.29) is 5.38 Å². The maximum absolute atomic E-state index is 6.59. The van der Waals surface area contributed by atoms with Gasteiger partial charge in [0.2, 0.25) is 0 Å². The van der Waals surface area contributed by atoms with Crippen LogP contribution in [0.3, 0.4) is 0 Å². The standard InChI is InChI=1S/C16H23ClO/c1-12(2)11-13-3-5-14(6-4-13)16(17)15-7-9-18-10-8-15/h3-6,12,15-16H,7-11H2,1-2H3. The normalized spacial score (nSPS) is 19.1. The summed E-state index contributed by atoms with van der Waals surface area (Å²) >= 11 is 6.59. The lowest BCUT2D eigenvalue weighted by Gasteiger charge is -2.26. The Kier molecular flexibility index (Phi) is 5.08. The van der Waals surface area contributed by atoms with Crippen molar-refractivity contribution in [3.8, 4) is 0 Å². The second-order valence-corrected chi connectivity index (χ2v) is 6.16. The molecule has 100 valence electrons. The number of alkyl halides is 1. The van der Waals surface area contributed by atoms with E-state index in [0.717, 1.165) is 32.5 Å². The smallest absolute Gasteiger partial charge is 0.0615 e. The summed E-state index contributed by atoms with van der Waals surface area (Å²) in [6.07, 6.45) is 3.31. The zero-order valence-electron chi connectivity index (χ0n) is 11.4. The van der Waals surface area contributed by atoms with Gasteiger partial charge >= 0.3 is 0 Å². The molecule has 1 aromatic carbocycles. The maximum Gasteiger partial charge on any atom is 0.0615 e. The second-order valence-electron chi connectivity index (χ2n) is 5.69. The first kappa shape index (κ1) is 13.9. The molecule has 0 N–H and O–H groups in total. The number of hydrogen-bond donors (Lipinski definition) is 0. The van der Waals surface area contributed by atoms with E-state index in [1.807, 2.05) is 0 Å². The summed E-state index contributed by atoms with van der Waals surface area (Å²) in [5, 5.41) is 0.141. The van der Waals surface area contributed by atoms with Crippen molar-refractivity contribution in [1.82, 2.24) is 0 Å². The van der Waals surface area contributed by atoms with E-state index in [0.29, 0.717) is 11.8 Å². The summed E-state index contributed by atoms with van der Waals surface area (Å²) in [6.45, 7) is 6.22. The average Bonchev–Trinajstić information content (AvgIpc) is 2.39. The number of rotatable bonds is 4. The van der Waals surface area contributed by atoms with Crippen LogP contribution in [0, 0.1) is 11.8 Å². The van der Waals surface area contributed by atoms with Gasteiger partial charge in [0.1, 0.15) is 0 Å². The number of hydrogen-bond acceptors (Lipinski definition) is 1. The topological polar surface area (TPSA) is 9.23 Å². The molecule has 0 aromatic heterocycles. The monoisotopic (exact) mass is 266 g/mol. The molecule has 0 radical (unpaired) electrons. The highest BCUT2D eigenvalue weighted by Crippen LogP contribution is 2.35. The van der Waals surface area contributed by atoms with Gasteiger partial charge in [-0.25, -0.2) is 0 Å². The number of ether oxygens (including phenoxy) is 1. The Morgan fingerprint density at radius 3 is 2.33 bits per heavy atom. The van der Waals surface area contributed by atoms with Gasteiger partial charge in [0.25, 0.3) is 0 Å². The van der Waals surface area contributed by atoms with Crippen LogP contribution in [0.1, 0.15) is 43.2 Å². The van der Waals surface area contributed by atoms with E-state index in [2.05, 4.69) is 38.1 Å². The Hall–Kier alpha value is -0.530. The molecule has 0 saturated carbocycles. The van der Waals surface area contributed by atoms with E-state index in [9.17, 15) is 0 Å². The quantitative estimate of drug-likeness (QED) is 0.724. The zero-order chi connectivity index (χ0) is 13.0. The first-order chi connectivity index (χ1) is 8.66. The second kappa shape index (κ2) is 6.58. The summed E-state index contributed by atoms with van der Waals surface area (Å²) in [6, 6.07) is 8.85. The van der Waals surface area contributed by atoms with Crippen LogP contribution in [0.4, 0.5) is 0 Å². The van der Waals surface area contributed by atoms with E-state index < -0.39 is 0 Å². The summed E-state index contributed by atoms with van der Waals surface area (Å²) in [5.41, 5.74) is 2.67. The van der Waals surface area contributed by atoms with Crippen LogP contribution in [0.5, 0.6) is 0 Å². The first-order valence-electron chi connectivity index (χ1n) is 6.97. The fraction of sp³-hybridized carbons (Fsp3) is 0.625. The van der Waals surface area contributed by atoms with Crippen LogP contribution >= 0.6 is 11.6 Å². The molecule has 2 heteroatoms. The van der Waals surface area contributed by atoms with Crippen molar-refractivity contribution in [2.45, 2.75) is 38.5 Å². The van der Waals surface area contributed by atoms with Crippen molar-refractivity contribution in [3.05, 3.63) is 35.4 Å². The fourth-order valence-electron chi connectivity index (χ4n) is 2.59. The Labute approximate surface area is 115 Å². The van der Waals surface area contributed by atoms with Crippen molar-refractivity contribution >= 4 is 11.6 Å². The molecular formula is C16H23ClO. The Bertz CT molecular complexity index is 352. The third-order valence-electron chi connectivity index (χ3n) is 3.62. The highest BCUT2D eigenvalue weighted by atomic mass is 35.5. The third kappa shape index (κ3) is 3.73. The lowest BCUT2D eigenvalue weighted by molar-refractivity contribution is 0.0651. The molecule has 2 rings (SSSR count). The van der Waals surface area contributed by atoms with Gasteiger partial charge in [0.05, 0.1) is 5.38 Å². The SMILES string of the molecule is CC(C)Cc1ccc(C(Cl)C2CCOCC2)cc1. The molecule has 1 nitrogen and oxygen atoms in total. The molecule has 0 spiro atoms. The predicted molar refractivity (Wildman–Crippen MR) is 77.1 cm³/mol. The van der Waals surface area contributed by atoms with Gasteiger partial charge in [0, 0.05) is 13.2 Å². The molecule has 0 aliphatic carbocycles. The van der Waals surface area contributed by atoms with Crippen molar-refractivity contribution in [1.29, 1.82) is 0 Å². The van der Waals surface area contributed by atoms with E-state index in [4.69, 9.17) is 16.3 Å². The van der Waals surface area contributed by atoms with Crippen LogP contribution in [0.2, 0.25) is 0 Å². The molecule has 1 fully saturated rings. The van der Waals surface area contributed by atoms with Crippen molar-refractivity contribution in [2.24, 2.45) is 11.8 Å². The van der Waals surface area contributed by atoms with Crippen molar-refractivity contribution in [2.75, 3.05) is 13.2 Å². The molecule has 1 atom stereocenters. The van der Waals surface area contributed by atoms with Crippen LogP contribution in [0.15, 0.2) is 24.3 Å². The molecule has 1 unspecified atom stereocenters. The number of halogens is 1. The molecule has 1 aliphatic heterocycles. The first-order valence-corrected chi connectivity index (χ1v) is 7.41. The lowest BCUT2D eigenvalue weighted by Crippen LogP contribution is -2.19. The van der Waals surface area contributed by atoms with Crippen LogP contribution < -0.4 is 0 Å². The Morgan fingerprint density at radius 2 is 1.78 bits per heavy atom. The summed E-state index contributed by atoms with van der Waals surface area (Å²) in [4.78, 5) is 0. The summed E-state index contributed by atoms with van der Waals surface area (Å²) in [5.74, 6) is 1.27. The number of benzene rings is 1. The van der Waals surface area contributed by atoms with Crippen molar-refractivity contribution < 1.29 is 4.74 Å². The van der Waals surface area contributed by atoms with Gasteiger partial charge in [-0.2, -0.15) is 0 Å². The molecule has 1 aliphatic rings. The van der Waals surface area contributed by atoms with Crippen LogP contribution in [-0.2, 0) is 11.2 Å². The fourth-order valence-corrected chi connectivity index (χ4v) is 2.99. The maximum atomic E-state index is 6.59. The largest absolute Gasteiger partial charge is 0.381 e. The van der Waals surface area contributed by atoms with Gasteiger partial charge in [-0.05, 0) is 42.2 Å². The molecule has 0 amide bonds. The molecule has 1 saturated heterocycles. The molecule has 1 aromatic rings. The molecule has 1 heterocycles. The zero-order valence-corrected chi connectivity index (χ0v) is 12.1. The highest BCUT2D eigenvalue weighted by molar-refractivity contribution is 6.21. The van der Waals surface area contributed by atoms with E-state index in [1.165, 1.54) is 11.1 Å². The van der Waals surface area contributed by atoms with Crippen molar-refractivity contribution in [3.63, 3.8) is 0 Å². The van der Waals surface area contributed by atoms with Crippen LogP contribution in [-0.4, -0.2) is 13.2 Å². The summed E-state index contributed by atoms with van der Waals surface area (Å²) in [7, 11) is 0. The van der Waals surface area contributed by atoms with E-state index in [1.54, 1.807) is 0 Å². The molecule has 0 bridgehead atoms. The summed E-state index contributed by atoms with van der Waals surface area (Å²) < 4.78 is 5.39. The predicted octanol–water partition coefficient (Wildman–Crippen LogP) is 4.59. The average molecular weight is 267 g/mol. The van der Waals surface area contributed by atoms with Gasteiger partial charge in [-0.1, -0.05) is 38.1 Å². The Morgan fingerprint density at radius 1 is 1.17 bits per heavy atom. The van der Waals surface area contributed by atoms with Gasteiger partial charge < -0.3 is 4.74 Å². The van der Waals surface area contributed by atoms with E-state index >= 15 is 0 Å². The minimum atomic E-state index is 0.141. The lowest BCUT2D eigenvalue weighted by atomic mass is 9.91. The van der Waals surface area contributed by atoms with Crippen LogP contribution in [0.25, 0.3) is 0 Å². The van der Waals surface area contributed by atoms with Gasteiger partial charge in [-0.15, -0.1) is 11.6 Å². The Balaban J connectivity index is 1.99. The minimum Gasteiger partial charge on any atom is -0.381 e. The van der Waals surface area contributed by atoms with Gasteiger partial charge in [-0.3, -0.25) is 0 Å². The molecule has 18 heavy (non-hydrogen) atoms. The minimum absolute atomic E-state index is 0.141. The molecular weight excluding hydrogens is 244 g/mol. The van der Waals surface area contributed by atoms with Gasteiger partial charge in [0.15, 0.2) is 0 Å². The highest BCUT2D eigenvalue weighted by Gasteiger charge is 2.23. The third-order valence-corrected chi connectivity index (χ3v) is 4.23.